The summed E-state index contributed by atoms with van der Waals surface area (Å²) in [6, 6.07) is 30.4. The number of para-hydroxylation sites is 1. The molecule has 0 bridgehead atoms. The molecule has 0 saturated heterocycles. The van der Waals surface area contributed by atoms with Crippen LogP contribution in [0.4, 0.5) is 0 Å². The third kappa shape index (κ3) is 6.49. The maximum Gasteiger partial charge on any atom is 0.413 e. The van der Waals surface area contributed by atoms with Gasteiger partial charge in [-0.15, -0.1) is 10.2 Å². The summed E-state index contributed by atoms with van der Waals surface area (Å²) in [5.41, 5.74) is 3.17. The molecule has 3 aromatic carbocycles. The highest BCUT2D eigenvalue weighted by Crippen LogP contribution is 2.19. The third-order valence-electron chi connectivity index (χ3n) is 3.84. The Kier molecular flexibility index (Phi) is 6.71. The van der Waals surface area contributed by atoms with E-state index >= 15 is 0 Å². The van der Waals surface area contributed by atoms with Gasteiger partial charge in [-0.3, -0.25) is 0 Å². The van der Waals surface area contributed by atoms with Crippen LogP contribution in [-0.2, 0) is 6.42 Å². The first kappa shape index (κ1) is 20.7. The molecule has 0 aliphatic heterocycles. The molecule has 0 amide bonds. The van der Waals surface area contributed by atoms with Crippen molar-refractivity contribution in [3.8, 4) is 17.1 Å². The smallest absolute Gasteiger partial charge is 0.381 e. The summed E-state index contributed by atoms with van der Waals surface area (Å²) in [5.74, 6) is 1.44. The lowest BCUT2D eigenvalue weighted by Gasteiger charge is -2.17. The molecule has 0 saturated carbocycles. The van der Waals surface area contributed by atoms with Crippen molar-refractivity contribution >= 4 is 0 Å². The van der Waals surface area contributed by atoms with Gasteiger partial charge in [0.25, 0.3) is 5.89 Å². The highest BCUT2D eigenvalue weighted by molar-refractivity contribution is 5.50. The Morgan fingerprint density at radius 3 is 1.76 bits per heavy atom. The number of hydrogen-bond donors (Lipinski definition) is 0. The molecule has 0 aliphatic rings. The van der Waals surface area contributed by atoms with Crippen molar-refractivity contribution in [2.45, 2.75) is 6.42 Å². The lowest BCUT2D eigenvalue weighted by molar-refractivity contribution is -2.00. The maximum absolute atomic E-state index is 8.49. The van der Waals surface area contributed by atoms with Crippen molar-refractivity contribution in [1.29, 1.82) is 0 Å². The summed E-state index contributed by atoms with van der Waals surface area (Å²) < 4.78 is 42.0. The van der Waals surface area contributed by atoms with E-state index in [0.717, 1.165) is 17.1 Å². The second-order valence-corrected chi connectivity index (χ2v) is 6.71. The van der Waals surface area contributed by atoms with Gasteiger partial charge in [0.2, 0.25) is 5.69 Å². The fourth-order valence-corrected chi connectivity index (χ4v) is 2.68. The molecule has 8 heteroatoms. The Morgan fingerprint density at radius 2 is 1.21 bits per heavy atom. The lowest BCUT2D eigenvalue weighted by Crippen LogP contribution is -2.68. The van der Waals surface area contributed by atoms with Crippen molar-refractivity contribution in [2.75, 3.05) is 0 Å². The van der Waals surface area contributed by atoms with E-state index in [9.17, 15) is 0 Å². The van der Waals surface area contributed by atoms with Crippen LogP contribution in [0.2, 0.25) is 0 Å². The highest BCUT2D eigenvalue weighted by atomic mass is 35.7. The second kappa shape index (κ2) is 9.42. The first-order chi connectivity index (χ1) is 13.9. The molecule has 1 aromatic heterocycles. The first-order valence-electron chi connectivity index (χ1n) is 8.59. The van der Waals surface area contributed by atoms with E-state index in [0.29, 0.717) is 12.3 Å². The molecular formula is C21H17ClN2O5. The van der Waals surface area contributed by atoms with Gasteiger partial charge in [-0.1, -0.05) is 66.7 Å². The number of rotatable bonds is 4. The number of halogens is 1. The van der Waals surface area contributed by atoms with Gasteiger partial charge in [-0.05, 0) is 22.4 Å². The van der Waals surface area contributed by atoms with Crippen molar-refractivity contribution in [3.63, 3.8) is 0 Å². The molecule has 7 nitrogen and oxygen atoms in total. The predicted octanol–water partition coefficient (Wildman–Crippen LogP) is -0.547. The van der Waals surface area contributed by atoms with Gasteiger partial charge in [-0.25, -0.2) is 18.6 Å². The molecule has 0 aliphatic carbocycles. The fourth-order valence-electron chi connectivity index (χ4n) is 2.68. The summed E-state index contributed by atoms with van der Waals surface area (Å²) in [6.45, 7) is 0. The SMILES string of the molecule is [O-][Cl+3]([O-])([O-])[O-].c1ccc(Cc2n[n+](-c3ccccc3)c(-c3ccccc3)o2)cc1. The Bertz CT molecular complexity index is 956. The van der Waals surface area contributed by atoms with Gasteiger partial charge in [0.1, 0.15) is 0 Å². The molecule has 4 rings (SSSR count). The van der Waals surface area contributed by atoms with Crippen molar-refractivity contribution in [1.82, 2.24) is 5.10 Å². The second-order valence-electron chi connectivity index (χ2n) is 5.95. The molecule has 29 heavy (non-hydrogen) atoms. The molecule has 0 atom stereocenters. The largest absolute Gasteiger partial charge is 0.413 e. The first-order valence-corrected chi connectivity index (χ1v) is 9.82. The zero-order chi connectivity index (χ0) is 20.7. The van der Waals surface area contributed by atoms with Crippen LogP contribution in [-0.4, -0.2) is 5.10 Å². The van der Waals surface area contributed by atoms with Gasteiger partial charge in [-0.2, -0.15) is 0 Å². The monoisotopic (exact) mass is 412 g/mol. The molecule has 0 N–H and O–H groups in total. The Morgan fingerprint density at radius 1 is 0.724 bits per heavy atom. The molecule has 0 fully saturated rings. The van der Waals surface area contributed by atoms with Crippen LogP contribution in [0.15, 0.2) is 95.4 Å². The van der Waals surface area contributed by atoms with E-state index in [1.165, 1.54) is 5.56 Å². The maximum atomic E-state index is 8.49. The molecule has 0 spiro atoms. The average Bonchev–Trinajstić information content (AvgIpc) is 3.13. The van der Waals surface area contributed by atoms with Gasteiger partial charge >= 0.3 is 5.89 Å². The Labute approximate surface area is 169 Å². The van der Waals surface area contributed by atoms with E-state index < -0.39 is 10.2 Å². The van der Waals surface area contributed by atoms with Crippen molar-refractivity contribution < 1.29 is 38.0 Å². The van der Waals surface area contributed by atoms with Crippen LogP contribution in [0.3, 0.4) is 0 Å². The van der Waals surface area contributed by atoms with Gasteiger partial charge in [0.05, 0.1) is 12.0 Å². The van der Waals surface area contributed by atoms with E-state index in [-0.39, 0.29) is 0 Å². The number of hydrogen-bond acceptors (Lipinski definition) is 6. The fraction of sp³-hybridized carbons (Fsp3) is 0.0476. The van der Waals surface area contributed by atoms with Crippen LogP contribution in [0.1, 0.15) is 11.5 Å². The van der Waals surface area contributed by atoms with Crippen LogP contribution in [0.5, 0.6) is 0 Å². The number of benzene rings is 3. The molecular weight excluding hydrogens is 396 g/mol. The van der Waals surface area contributed by atoms with Crippen molar-refractivity contribution in [3.05, 3.63) is 102 Å². The van der Waals surface area contributed by atoms with Gasteiger partial charge in [0.15, 0.2) is 0 Å². The summed E-state index contributed by atoms with van der Waals surface area (Å²) >= 11 is 0. The van der Waals surface area contributed by atoms with Crippen LogP contribution >= 0.6 is 0 Å². The topological polar surface area (TPSA) is 122 Å². The Balaban J connectivity index is 0.000000431. The standard InChI is InChI=1S/C21H17N2O.ClHO4/c1-4-10-17(11-5-1)16-20-22-23(19-14-8-3-9-15-19)21(24-20)18-12-6-2-7-13-18;2-1(3,4)5/h1-15H,16H2;(H,2,3,4,5)/q+1;/p-1. The molecule has 4 aromatic rings. The minimum Gasteiger partial charge on any atom is -0.381 e. The highest BCUT2D eigenvalue weighted by Gasteiger charge is 2.25. The third-order valence-corrected chi connectivity index (χ3v) is 3.84. The van der Waals surface area contributed by atoms with Gasteiger partial charge < -0.3 is 4.42 Å². The minimum atomic E-state index is -4.94. The zero-order valence-electron chi connectivity index (χ0n) is 15.2. The van der Waals surface area contributed by atoms with E-state index in [2.05, 4.69) is 12.1 Å². The molecule has 0 unspecified atom stereocenters. The average molecular weight is 413 g/mol. The Hall–Kier alpha value is -3.07. The summed E-state index contributed by atoms with van der Waals surface area (Å²) in [5, 5.41) is 4.70. The van der Waals surface area contributed by atoms with E-state index in [1.54, 1.807) is 0 Å². The molecule has 0 radical (unpaired) electrons. The van der Waals surface area contributed by atoms with Crippen molar-refractivity contribution in [2.24, 2.45) is 0 Å². The van der Waals surface area contributed by atoms with Crippen LogP contribution in [0.25, 0.3) is 17.1 Å². The number of aromatic nitrogens is 2. The normalized spacial score (nSPS) is 10.9. The molecule has 1 heterocycles. The lowest BCUT2D eigenvalue weighted by atomic mass is 10.1. The van der Waals surface area contributed by atoms with Crippen LogP contribution < -0.4 is 23.3 Å². The summed E-state index contributed by atoms with van der Waals surface area (Å²) in [4.78, 5) is 0. The summed E-state index contributed by atoms with van der Waals surface area (Å²) in [6.07, 6.45) is 0.667. The number of nitrogens with zero attached hydrogens (tertiary/aromatic N) is 2. The van der Waals surface area contributed by atoms with Crippen LogP contribution in [0, 0.1) is 10.2 Å². The zero-order valence-corrected chi connectivity index (χ0v) is 15.9. The van der Waals surface area contributed by atoms with E-state index in [4.69, 9.17) is 28.2 Å². The van der Waals surface area contributed by atoms with E-state index in [1.807, 2.05) is 83.5 Å². The quantitative estimate of drug-likeness (QED) is 0.414. The van der Waals surface area contributed by atoms with Gasteiger partial charge in [0, 0.05) is 17.2 Å². The predicted molar refractivity (Wildman–Crippen MR) is 92.7 cm³/mol. The molecule has 148 valence electrons. The minimum absolute atomic E-state index is 0.667. The summed E-state index contributed by atoms with van der Waals surface area (Å²) in [7, 11) is -4.94.